The molecular formula is C15H18N2O2. The minimum Gasteiger partial charge on any atom is -0.478 e. The number of imidazole rings is 1. The molecule has 100 valence electrons. The zero-order chi connectivity index (χ0) is 13.6. The van der Waals surface area contributed by atoms with E-state index in [-0.39, 0.29) is 0 Å². The summed E-state index contributed by atoms with van der Waals surface area (Å²) in [6.45, 7) is 5.31. The fourth-order valence-electron chi connectivity index (χ4n) is 2.51. The standard InChI is InChI=1S/C15H18N2O2/c1-3-13-16-11-5-4-10(14(18)19)8-12(11)17(13)9-15(2)6-7-15/h4-5,8H,3,6-7,9H2,1-2H3,(H,18,19). The zero-order valence-corrected chi connectivity index (χ0v) is 11.3. The Labute approximate surface area is 112 Å². The maximum Gasteiger partial charge on any atom is 0.335 e. The molecule has 1 aromatic heterocycles. The first-order valence-electron chi connectivity index (χ1n) is 6.75. The predicted molar refractivity (Wildman–Crippen MR) is 73.4 cm³/mol. The SMILES string of the molecule is CCc1nc2ccc(C(=O)O)cc2n1CC1(C)CC1. The second-order valence-electron chi connectivity index (χ2n) is 5.79. The van der Waals surface area contributed by atoms with Crippen LogP contribution in [-0.2, 0) is 13.0 Å². The van der Waals surface area contributed by atoms with Crippen LogP contribution < -0.4 is 0 Å². The molecule has 0 unspecified atom stereocenters. The molecule has 4 nitrogen and oxygen atoms in total. The van der Waals surface area contributed by atoms with Gasteiger partial charge in [0.15, 0.2) is 0 Å². The summed E-state index contributed by atoms with van der Waals surface area (Å²) in [7, 11) is 0. The molecule has 1 aliphatic rings. The van der Waals surface area contributed by atoms with Gasteiger partial charge in [0.2, 0.25) is 0 Å². The van der Waals surface area contributed by atoms with Gasteiger partial charge in [0.25, 0.3) is 0 Å². The first kappa shape index (κ1) is 12.2. The van der Waals surface area contributed by atoms with Crippen molar-refractivity contribution in [2.75, 3.05) is 0 Å². The fraction of sp³-hybridized carbons (Fsp3) is 0.467. The predicted octanol–water partition coefficient (Wildman–Crippen LogP) is 3.10. The van der Waals surface area contributed by atoms with E-state index in [0.29, 0.717) is 11.0 Å². The van der Waals surface area contributed by atoms with Gasteiger partial charge in [-0.3, -0.25) is 0 Å². The number of aromatic carboxylic acids is 1. The Balaban J connectivity index is 2.14. The summed E-state index contributed by atoms with van der Waals surface area (Å²) in [5.74, 6) is 0.163. The molecule has 3 rings (SSSR count). The second kappa shape index (κ2) is 4.08. The summed E-state index contributed by atoms with van der Waals surface area (Å²) in [6, 6.07) is 5.18. The number of hydrogen-bond acceptors (Lipinski definition) is 2. The number of rotatable bonds is 4. The van der Waals surface area contributed by atoms with Crippen molar-refractivity contribution in [3.8, 4) is 0 Å². The molecule has 0 aliphatic heterocycles. The van der Waals surface area contributed by atoms with Gasteiger partial charge in [-0.05, 0) is 36.5 Å². The molecule has 0 spiro atoms. The number of carbonyl (C=O) groups is 1. The minimum atomic E-state index is -0.884. The van der Waals surface area contributed by atoms with E-state index < -0.39 is 5.97 Å². The third-order valence-electron chi connectivity index (χ3n) is 4.03. The normalized spacial score (nSPS) is 16.7. The molecule has 0 atom stereocenters. The molecule has 1 aliphatic carbocycles. The fourth-order valence-corrected chi connectivity index (χ4v) is 2.51. The highest BCUT2D eigenvalue weighted by Crippen LogP contribution is 2.47. The van der Waals surface area contributed by atoms with Crippen LogP contribution in [0.1, 0.15) is 42.9 Å². The van der Waals surface area contributed by atoms with E-state index in [9.17, 15) is 4.79 Å². The van der Waals surface area contributed by atoms with E-state index in [1.54, 1.807) is 12.1 Å². The first-order chi connectivity index (χ1) is 9.02. The van der Waals surface area contributed by atoms with E-state index >= 15 is 0 Å². The topological polar surface area (TPSA) is 55.1 Å². The lowest BCUT2D eigenvalue weighted by molar-refractivity contribution is 0.0697. The van der Waals surface area contributed by atoms with E-state index in [1.165, 1.54) is 12.8 Å². The van der Waals surface area contributed by atoms with Crippen molar-refractivity contribution >= 4 is 17.0 Å². The largest absolute Gasteiger partial charge is 0.478 e. The minimum absolute atomic E-state index is 0.331. The average Bonchev–Trinajstić information content (AvgIpc) is 3.01. The molecule has 0 saturated heterocycles. The second-order valence-corrected chi connectivity index (χ2v) is 5.79. The molecule has 1 heterocycles. The molecule has 1 N–H and O–H groups in total. The van der Waals surface area contributed by atoms with Gasteiger partial charge >= 0.3 is 5.97 Å². The molecule has 0 amide bonds. The number of aryl methyl sites for hydroxylation is 1. The number of fused-ring (bicyclic) bond motifs is 1. The van der Waals surface area contributed by atoms with Gasteiger partial charge in [0, 0.05) is 13.0 Å². The van der Waals surface area contributed by atoms with Crippen molar-refractivity contribution in [1.29, 1.82) is 0 Å². The summed E-state index contributed by atoms with van der Waals surface area (Å²) in [5, 5.41) is 9.11. The average molecular weight is 258 g/mol. The van der Waals surface area contributed by atoms with Gasteiger partial charge in [-0.2, -0.15) is 0 Å². The lowest BCUT2D eigenvalue weighted by Crippen LogP contribution is -2.11. The maximum atomic E-state index is 11.1. The molecule has 0 radical (unpaired) electrons. The number of aromatic nitrogens is 2. The van der Waals surface area contributed by atoms with Gasteiger partial charge in [0.05, 0.1) is 16.6 Å². The Bertz CT molecular complexity index is 653. The van der Waals surface area contributed by atoms with E-state index in [4.69, 9.17) is 5.11 Å². The van der Waals surface area contributed by atoms with E-state index in [1.807, 2.05) is 6.07 Å². The highest BCUT2D eigenvalue weighted by Gasteiger charge is 2.38. The van der Waals surface area contributed by atoms with Gasteiger partial charge in [-0.25, -0.2) is 9.78 Å². The highest BCUT2D eigenvalue weighted by atomic mass is 16.4. The van der Waals surface area contributed by atoms with Crippen LogP contribution in [0, 0.1) is 5.41 Å². The van der Waals surface area contributed by atoms with Crippen LogP contribution in [0.3, 0.4) is 0 Å². The van der Waals surface area contributed by atoms with Crippen molar-refractivity contribution in [2.45, 2.75) is 39.7 Å². The smallest absolute Gasteiger partial charge is 0.335 e. The molecule has 0 bridgehead atoms. The number of carboxylic acids is 1. The van der Waals surface area contributed by atoms with Crippen LogP contribution in [0.15, 0.2) is 18.2 Å². The highest BCUT2D eigenvalue weighted by molar-refractivity contribution is 5.92. The maximum absolute atomic E-state index is 11.1. The molecule has 1 fully saturated rings. The van der Waals surface area contributed by atoms with Crippen molar-refractivity contribution in [1.82, 2.24) is 9.55 Å². The van der Waals surface area contributed by atoms with Gasteiger partial charge in [0.1, 0.15) is 5.82 Å². The number of carboxylic acid groups (broad SMARTS) is 1. The summed E-state index contributed by atoms with van der Waals surface area (Å²) < 4.78 is 2.20. The van der Waals surface area contributed by atoms with Gasteiger partial charge < -0.3 is 9.67 Å². The molecule has 1 saturated carbocycles. The summed E-state index contributed by atoms with van der Waals surface area (Å²) >= 11 is 0. The zero-order valence-electron chi connectivity index (χ0n) is 11.3. The number of nitrogens with zero attached hydrogens (tertiary/aromatic N) is 2. The van der Waals surface area contributed by atoms with Crippen LogP contribution in [0.25, 0.3) is 11.0 Å². The molecular weight excluding hydrogens is 240 g/mol. The molecule has 1 aromatic carbocycles. The van der Waals surface area contributed by atoms with Crippen molar-refractivity contribution < 1.29 is 9.90 Å². The van der Waals surface area contributed by atoms with Crippen LogP contribution in [0.5, 0.6) is 0 Å². The van der Waals surface area contributed by atoms with Gasteiger partial charge in [-0.1, -0.05) is 13.8 Å². The van der Waals surface area contributed by atoms with Crippen molar-refractivity contribution in [2.24, 2.45) is 5.41 Å². The Kier molecular flexibility index (Phi) is 2.62. The third kappa shape index (κ3) is 2.11. The lowest BCUT2D eigenvalue weighted by atomic mass is 10.1. The van der Waals surface area contributed by atoms with E-state index in [0.717, 1.165) is 29.8 Å². The summed E-state index contributed by atoms with van der Waals surface area (Å²) in [4.78, 5) is 15.7. The summed E-state index contributed by atoms with van der Waals surface area (Å²) in [5.41, 5.74) is 2.55. The van der Waals surface area contributed by atoms with Crippen LogP contribution in [0.2, 0.25) is 0 Å². The number of benzene rings is 1. The van der Waals surface area contributed by atoms with E-state index in [2.05, 4.69) is 23.4 Å². The van der Waals surface area contributed by atoms with Gasteiger partial charge in [-0.15, -0.1) is 0 Å². The Morgan fingerprint density at radius 3 is 2.79 bits per heavy atom. The molecule has 19 heavy (non-hydrogen) atoms. The number of hydrogen-bond donors (Lipinski definition) is 1. The van der Waals surface area contributed by atoms with Crippen LogP contribution >= 0.6 is 0 Å². The van der Waals surface area contributed by atoms with Crippen LogP contribution in [0.4, 0.5) is 0 Å². The quantitative estimate of drug-likeness (QED) is 0.916. The monoisotopic (exact) mass is 258 g/mol. The Morgan fingerprint density at radius 1 is 1.47 bits per heavy atom. The van der Waals surface area contributed by atoms with Crippen molar-refractivity contribution in [3.63, 3.8) is 0 Å². The van der Waals surface area contributed by atoms with Crippen molar-refractivity contribution in [3.05, 3.63) is 29.6 Å². The molecule has 4 heteroatoms. The Morgan fingerprint density at radius 2 is 2.21 bits per heavy atom. The lowest BCUT2D eigenvalue weighted by Gasteiger charge is -2.13. The third-order valence-corrected chi connectivity index (χ3v) is 4.03. The Hall–Kier alpha value is -1.84. The van der Waals surface area contributed by atoms with Crippen LogP contribution in [-0.4, -0.2) is 20.6 Å². The summed E-state index contributed by atoms with van der Waals surface area (Å²) in [6.07, 6.45) is 3.36. The molecule has 2 aromatic rings. The first-order valence-corrected chi connectivity index (χ1v) is 6.75.